The molecule has 0 spiro atoms. The Bertz CT molecular complexity index is 970. The molecule has 0 saturated heterocycles. The van der Waals surface area contributed by atoms with E-state index < -0.39 is 10.2 Å². The summed E-state index contributed by atoms with van der Waals surface area (Å²) < 4.78 is 34.8. The van der Waals surface area contributed by atoms with E-state index in [9.17, 15) is 8.42 Å². The molecule has 1 aliphatic heterocycles. The fourth-order valence-corrected chi connectivity index (χ4v) is 6.32. The van der Waals surface area contributed by atoms with Gasteiger partial charge in [-0.15, -0.1) is 11.3 Å². The van der Waals surface area contributed by atoms with Crippen molar-refractivity contribution >= 4 is 31.8 Å². The van der Waals surface area contributed by atoms with E-state index in [1.165, 1.54) is 16.2 Å². The summed E-state index contributed by atoms with van der Waals surface area (Å²) in [4.78, 5) is 13.3. The Labute approximate surface area is 176 Å². The van der Waals surface area contributed by atoms with E-state index in [0.717, 1.165) is 48.0 Å². The smallest absolute Gasteiger partial charge is 0.279 e. The molecule has 0 aromatic carbocycles. The van der Waals surface area contributed by atoms with Crippen molar-refractivity contribution in [2.45, 2.75) is 57.7 Å². The summed E-state index contributed by atoms with van der Waals surface area (Å²) in [6.45, 7) is 4.06. The molecule has 1 aliphatic carbocycles. The van der Waals surface area contributed by atoms with Crippen molar-refractivity contribution in [2.75, 3.05) is 27.2 Å². The van der Waals surface area contributed by atoms with Gasteiger partial charge in [0.05, 0.1) is 5.39 Å². The molecule has 4 rings (SSSR count). The van der Waals surface area contributed by atoms with Gasteiger partial charge in [0.2, 0.25) is 5.88 Å². The Morgan fingerprint density at radius 1 is 1.31 bits per heavy atom. The number of fused-ring (bicyclic) bond motifs is 3. The molecule has 2 aromatic heterocycles. The predicted molar refractivity (Wildman–Crippen MR) is 114 cm³/mol. The number of aromatic nitrogens is 2. The van der Waals surface area contributed by atoms with Gasteiger partial charge in [0.1, 0.15) is 17.3 Å². The number of ether oxygens (including phenoxy) is 1. The van der Waals surface area contributed by atoms with Crippen LogP contribution in [0.5, 0.6) is 5.88 Å². The number of nitrogens with zero attached hydrogens (tertiary/aromatic N) is 4. The maximum Gasteiger partial charge on any atom is 0.279 e. The topological polar surface area (TPSA) is 87.7 Å². The van der Waals surface area contributed by atoms with Gasteiger partial charge < -0.3 is 9.64 Å². The van der Waals surface area contributed by atoms with Gasteiger partial charge >= 0.3 is 0 Å². The standard InChI is InChI=1S/C19H29N5O3S2/c1-4-23(3)13-5-7-14(8-6-13)27-18-17-15-11-24(29(25,26)20-2)10-9-16(15)28-19(17)22-12-21-18/h12-14,20H,4-11H2,1-3H3. The molecule has 1 fully saturated rings. The van der Waals surface area contributed by atoms with Gasteiger partial charge in [-0.05, 0) is 51.3 Å². The second kappa shape index (κ2) is 8.43. The molecule has 0 amide bonds. The minimum Gasteiger partial charge on any atom is -0.474 e. The quantitative estimate of drug-likeness (QED) is 0.742. The molecule has 0 atom stereocenters. The van der Waals surface area contributed by atoms with Crippen LogP contribution in [0, 0.1) is 0 Å². The molecule has 160 valence electrons. The van der Waals surface area contributed by atoms with Gasteiger partial charge in [-0.1, -0.05) is 6.92 Å². The summed E-state index contributed by atoms with van der Waals surface area (Å²) in [5.41, 5.74) is 0.991. The normalized spacial score (nSPS) is 23.4. The minimum atomic E-state index is -3.47. The van der Waals surface area contributed by atoms with E-state index in [4.69, 9.17) is 4.74 Å². The summed E-state index contributed by atoms with van der Waals surface area (Å²) in [6, 6.07) is 0.625. The Hall–Kier alpha value is -1.33. The number of hydrogen-bond donors (Lipinski definition) is 1. The van der Waals surface area contributed by atoms with Gasteiger partial charge in [-0.3, -0.25) is 0 Å². The average molecular weight is 440 g/mol. The van der Waals surface area contributed by atoms with Crippen molar-refractivity contribution in [1.82, 2.24) is 23.9 Å². The molecule has 8 nitrogen and oxygen atoms in total. The lowest BCUT2D eigenvalue weighted by molar-refractivity contribution is 0.101. The molecular formula is C19H29N5O3S2. The van der Waals surface area contributed by atoms with Crippen LogP contribution in [0.15, 0.2) is 6.33 Å². The zero-order valence-electron chi connectivity index (χ0n) is 17.2. The van der Waals surface area contributed by atoms with Crippen LogP contribution in [-0.2, 0) is 23.2 Å². The van der Waals surface area contributed by atoms with Crippen LogP contribution < -0.4 is 9.46 Å². The van der Waals surface area contributed by atoms with Crippen molar-refractivity contribution < 1.29 is 13.2 Å². The van der Waals surface area contributed by atoms with Crippen LogP contribution in [0.25, 0.3) is 10.2 Å². The molecule has 2 aliphatic rings. The van der Waals surface area contributed by atoms with Crippen LogP contribution in [0.1, 0.15) is 43.0 Å². The second-order valence-electron chi connectivity index (χ2n) is 7.78. The largest absolute Gasteiger partial charge is 0.474 e. The van der Waals surface area contributed by atoms with Crippen LogP contribution in [0.3, 0.4) is 0 Å². The number of thiophene rings is 1. The minimum absolute atomic E-state index is 0.144. The third-order valence-electron chi connectivity index (χ3n) is 6.20. The van der Waals surface area contributed by atoms with E-state index in [-0.39, 0.29) is 6.10 Å². The number of nitrogens with one attached hydrogen (secondary N) is 1. The molecule has 0 radical (unpaired) electrons. The third-order valence-corrected chi connectivity index (χ3v) is 8.91. The van der Waals surface area contributed by atoms with Crippen LogP contribution in [0.4, 0.5) is 0 Å². The van der Waals surface area contributed by atoms with E-state index in [1.807, 2.05) is 0 Å². The molecule has 29 heavy (non-hydrogen) atoms. The Morgan fingerprint density at radius 2 is 2.07 bits per heavy atom. The number of hydrogen-bond acceptors (Lipinski definition) is 7. The Morgan fingerprint density at radius 3 is 2.76 bits per heavy atom. The maximum absolute atomic E-state index is 12.3. The monoisotopic (exact) mass is 439 g/mol. The van der Waals surface area contributed by atoms with E-state index in [1.54, 1.807) is 17.7 Å². The summed E-state index contributed by atoms with van der Waals surface area (Å²) in [7, 11) is 0.162. The van der Waals surface area contributed by atoms with Crippen LogP contribution in [0.2, 0.25) is 0 Å². The first kappa shape index (κ1) is 20.9. The highest BCUT2D eigenvalue weighted by atomic mass is 32.2. The molecule has 2 aromatic rings. The highest BCUT2D eigenvalue weighted by Gasteiger charge is 2.31. The highest BCUT2D eigenvalue weighted by Crippen LogP contribution is 2.39. The summed E-state index contributed by atoms with van der Waals surface area (Å²) >= 11 is 1.62. The first-order valence-electron chi connectivity index (χ1n) is 10.2. The molecule has 10 heteroatoms. The van der Waals surface area contributed by atoms with Gasteiger partial charge in [0.15, 0.2) is 0 Å². The fraction of sp³-hybridized carbons (Fsp3) is 0.684. The van der Waals surface area contributed by atoms with Gasteiger partial charge in [0, 0.05) is 31.1 Å². The second-order valence-corrected chi connectivity index (χ2v) is 10.7. The van der Waals surface area contributed by atoms with Crippen molar-refractivity contribution in [3.8, 4) is 5.88 Å². The van der Waals surface area contributed by atoms with Gasteiger partial charge in [-0.25, -0.2) is 14.7 Å². The molecular weight excluding hydrogens is 410 g/mol. The number of rotatable bonds is 6. The average Bonchev–Trinajstić information content (AvgIpc) is 3.12. The summed E-state index contributed by atoms with van der Waals surface area (Å²) in [5.74, 6) is 0.600. The summed E-state index contributed by atoms with van der Waals surface area (Å²) in [6.07, 6.45) is 6.65. The highest BCUT2D eigenvalue weighted by molar-refractivity contribution is 7.87. The Kier molecular flexibility index (Phi) is 6.08. The first-order chi connectivity index (χ1) is 13.9. The summed E-state index contributed by atoms with van der Waals surface area (Å²) in [5, 5.41) is 0.885. The van der Waals surface area contributed by atoms with Crippen molar-refractivity contribution in [3.05, 3.63) is 16.8 Å². The molecule has 0 bridgehead atoms. The van der Waals surface area contributed by atoms with E-state index in [2.05, 4.69) is 33.6 Å². The lowest BCUT2D eigenvalue weighted by Gasteiger charge is -2.34. The molecule has 1 N–H and O–H groups in total. The SMILES string of the molecule is CCN(C)C1CCC(Oc2ncnc3sc4c(c23)CN(S(=O)(=O)NC)CC4)CC1. The fourth-order valence-electron chi connectivity index (χ4n) is 4.30. The molecule has 0 unspecified atom stereocenters. The zero-order chi connectivity index (χ0) is 20.6. The van der Waals surface area contributed by atoms with Crippen molar-refractivity contribution in [1.29, 1.82) is 0 Å². The Balaban J connectivity index is 1.57. The zero-order valence-corrected chi connectivity index (χ0v) is 18.9. The van der Waals surface area contributed by atoms with Gasteiger partial charge in [-0.2, -0.15) is 12.7 Å². The third kappa shape index (κ3) is 4.13. The first-order valence-corrected chi connectivity index (χ1v) is 12.5. The van der Waals surface area contributed by atoms with Crippen LogP contribution >= 0.6 is 11.3 Å². The lowest BCUT2D eigenvalue weighted by atomic mass is 9.92. The molecule has 1 saturated carbocycles. The van der Waals surface area contributed by atoms with Crippen molar-refractivity contribution in [2.24, 2.45) is 0 Å². The van der Waals surface area contributed by atoms with E-state index in [0.29, 0.717) is 31.4 Å². The van der Waals surface area contributed by atoms with Crippen molar-refractivity contribution in [3.63, 3.8) is 0 Å². The molecule has 3 heterocycles. The van der Waals surface area contributed by atoms with Crippen LogP contribution in [-0.4, -0.2) is 66.9 Å². The maximum atomic E-state index is 12.3. The lowest BCUT2D eigenvalue weighted by Crippen LogP contribution is -2.41. The van der Waals surface area contributed by atoms with Gasteiger partial charge in [0.25, 0.3) is 10.2 Å². The predicted octanol–water partition coefficient (Wildman–Crippen LogP) is 2.16. The van der Waals surface area contributed by atoms with E-state index >= 15 is 0 Å².